The van der Waals surface area contributed by atoms with Crippen LogP contribution in [0.2, 0.25) is 0 Å². The molecule has 0 heterocycles. The smallest absolute Gasteiger partial charge is 0.338 e. The molecule has 1 aliphatic carbocycles. The van der Waals surface area contributed by atoms with Crippen molar-refractivity contribution in [3.8, 4) is 0 Å². The maximum atomic E-state index is 13.1. The minimum Gasteiger partial charge on any atom is -0.458 e. The number of carbonyl (C=O) groups excluding carboxylic acids is 1. The van der Waals surface area contributed by atoms with Crippen LogP contribution in [0.3, 0.4) is 0 Å². The quantitative estimate of drug-likeness (QED) is 0.776. The molecule has 0 aliphatic heterocycles. The monoisotopic (exact) mass is 293 g/mol. The highest BCUT2D eigenvalue weighted by Crippen LogP contribution is 2.22. The molecule has 116 valence electrons. The molecule has 0 N–H and O–H groups in total. The Labute approximate surface area is 126 Å². The van der Waals surface area contributed by atoms with Crippen molar-refractivity contribution in [2.45, 2.75) is 51.2 Å². The summed E-state index contributed by atoms with van der Waals surface area (Å²) >= 11 is 0. The molecule has 1 unspecified atom stereocenters. The van der Waals surface area contributed by atoms with E-state index in [1.54, 1.807) is 6.07 Å². The first-order valence-corrected chi connectivity index (χ1v) is 7.73. The Bertz CT molecular complexity index is 472. The second kappa shape index (κ2) is 7.55. The van der Waals surface area contributed by atoms with Crippen LogP contribution in [-0.4, -0.2) is 36.6 Å². The molecule has 2 rings (SSSR count). The van der Waals surface area contributed by atoms with Crippen molar-refractivity contribution < 1.29 is 13.9 Å². The molecule has 4 heteroatoms. The first-order chi connectivity index (χ1) is 10.1. The van der Waals surface area contributed by atoms with Gasteiger partial charge in [0.25, 0.3) is 0 Å². The molecule has 0 bridgehead atoms. The molecule has 0 saturated heterocycles. The summed E-state index contributed by atoms with van der Waals surface area (Å²) in [5.74, 6) is -0.879. The van der Waals surface area contributed by atoms with E-state index in [4.69, 9.17) is 4.74 Å². The Morgan fingerprint density at radius 1 is 1.38 bits per heavy atom. The second-order valence-electron chi connectivity index (χ2n) is 5.96. The summed E-state index contributed by atoms with van der Waals surface area (Å²) in [5, 5.41) is 0. The number of esters is 1. The summed E-state index contributed by atoms with van der Waals surface area (Å²) in [4.78, 5) is 14.2. The fraction of sp³-hybridized carbons (Fsp3) is 0.588. The number of nitrogens with zero attached hydrogens (tertiary/aromatic N) is 1. The summed E-state index contributed by atoms with van der Waals surface area (Å²) in [7, 11) is 2.09. The van der Waals surface area contributed by atoms with Crippen molar-refractivity contribution in [3.63, 3.8) is 0 Å². The normalized spacial score (nSPS) is 17.7. The van der Waals surface area contributed by atoms with E-state index in [0.717, 1.165) is 0 Å². The van der Waals surface area contributed by atoms with Crippen molar-refractivity contribution >= 4 is 5.97 Å². The number of hydrogen-bond acceptors (Lipinski definition) is 3. The summed E-state index contributed by atoms with van der Waals surface area (Å²) in [6, 6.07) is 6.21. The number of halogens is 1. The fourth-order valence-corrected chi connectivity index (χ4v) is 2.98. The van der Waals surface area contributed by atoms with Gasteiger partial charge in [0.05, 0.1) is 5.56 Å². The molecule has 1 fully saturated rings. The third kappa shape index (κ3) is 4.81. The van der Waals surface area contributed by atoms with Gasteiger partial charge in [-0.2, -0.15) is 0 Å². The summed E-state index contributed by atoms with van der Waals surface area (Å²) < 4.78 is 18.5. The SMILES string of the molecule is CC(CN(C)C1CCCCC1)OC(=O)c1cccc(F)c1. The highest BCUT2D eigenvalue weighted by Gasteiger charge is 2.21. The molecular weight excluding hydrogens is 269 g/mol. The van der Waals surface area contributed by atoms with E-state index in [0.29, 0.717) is 12.6 Å². The summed E-state index contributed by atoms with van der Waals surface area (Å²) in [6.45, 7) is 2.60. The summed E-state index contributed by atoms with van der Waals surface area (Å²) in [5.41, 5.74) is 0.266. The number of benzene rings is 1. The lowest BCUT2D eigenvalue weighted by molar-refractivity contribution is 0.0221. The lowest BCUT2D eigenvalue weighted by atomic mass is 9.94. The Hall–Kier alpha value is -1.42. The number of likely N-dealkylation sites (N-methyl/N-ethyl adjacent to an activating group) is 1. The van der Waals surface area contributed by atoms with Crippen molar-refractivity contribution in [2.75, 3.05) is 13.6 Å². The second-order valence-corrected chi connectivity index (χ2v) is 5.96. The Morgan fingerprint density at radius 2 is 2.10 bits per heavy atom. The van der Waals surface area contributed by atoms with Crippen LogP contribution in [0.25, 0.3) is 0 Å². The van der Waals surface area contributed by atoms with Gasteiger partial charge in [0.15, 0.2) is 0 Å². The molecule has 1 aromatic carbocycles. The molecule has 0 radical (unpaired) electrons. The minimum absolute atomic E-state index is 0.201. The topological polar surface area (TPSA) is 29.5 Å². The lowest BCUT2D eigenvalue weighted by Crippen LogP contribution is -2.39. The van der Waals surface area contributed by atoms with E-state index in [-0.39, 0.29) is 11.7 Å². The Morgan fingerprint density at radius 3 is 2.76 bits per heavy atom. The predicted molar refractivity (Wildman–Crippen MR) is 80.8 cm³/mol. The van der Waals surface area contributed by atoms with Crippen LogP contribution in [0.5, 0.6) is 0 Å². The third-order valence-electron chi connectivity index (χ3n) is 4.11. The zero-order valence-corrected chi connectivity index (χ0v) is 12.8. The molecule has 0 amide bonds. The van der Waals surface area contributed by atoms with Crippen LogP contribution < -0.4 is 0 Å². The van der Waals surface area contributed by atoms with Gasteiger partial charge in [0.2, 0.25) is 0 Å². The maximum absolute atomic E-state index is 13.1. The van der Waals surface area contributed by atoms with Crippen molar-refractivity contribution in [1.29, 1.82) is 0 Å². The molecule has 1 atom stereocenters. The van der Waals surface area contributed by atoms with Crippen LogP contribution in [0.15, 0.2) is 24.3 Å². The van der Waals surface area contributed by atoms with E-state index >= 15 is 0 Å². The van der Waals surface area contributed by atoms with Crippen molar-refractivity contribution in [1.82, 2.24) is 4.90 Å². The first kappa shape index (κ1) is 16.0. The van der Waals surface area contributed by atoms with E-state index in [2.05, 4.69) is 11.9 Å². The zero-order valence-electron chi connectivity index (χ0n) is 12.8. The van der Waals surface area contributed by atoms with Gasteiger partial charge >= 0.3 is 5.97 Å². The number of rotatable bonds is 5. The predicted octanol–water partition coefficient (Wildman–Crippen LogP) is 3.64. The maximum Gasteiger partial charge on any atom is 0.338 e. The lowest BCUT2D eigenvalue weighted by Gasteiger charge is -2.32. The highest BCUT2D eigenvalue weighted by atomic mass is 19.1. The molecule has 3 nitrogen and oxygen atoms in total. The average molecular weight is 293 g/mol. The van der Waals surface area contributed by atoms with E-state index < -0.39 is 11.8 Å². The molecular formula is C17H24FNO2. The largest absolute Gasteiger partial charge is 0.458 e. The molecule has 21 heavy (non-hydrogen) atoms. The van der Waals surface area contributed by atoms with Crippen molar-refractivity contribution in [3.05, 3.63) is 35.6 Å². The Kier molecular flexibility index (Phi) is 5.74. The van der Waals surface area contributed by atoms with Gasteiger partial charge in [0.1, 0.15) is 11.9 Å². The fourth-order valence-electron chi connectivity index (χ4n) is 2.98. The van der Waals surface area contributed by atoms with Crippen molar-refractivity contribution in [2.24, 2.45) is 0 Å². The van der Waals surface area contributed by atoms with Gasteiger partial charge in [-0.3, -0.25) is 4.90 Å². The third-order valence-corrected chi connectivity index (χ3v) is 4.11. The van der Waals surface area contributed by atoms with E-state index in [9.17, 15) is 9.18 Å². The van der Waals surface area contributed by atoms with Crippen LogP contribution in [0.1, 0.15) is 49.4 Å². The van der Waals surface area contributed by atoms with Gasteiger partial charge in [-0.15, -0.1) is 0 Å². The van der Waals surface area contributed by atoms with Crippen LogP contribution >= 0.6 is 0 Å². The number of hydrogen-bond donors (Lipinski definition) is 0. The van der Waals surface area contributed by atoms with Gasteiger partial charge in [0, 0.05) is 12.6 Å². The van der Waals surface area contributed by atoms with Crippen LogP contribution in [0.4, 0.5) is 4.39 Å². The Balaban J connectivity index is 1.83. The van der Waals surface area contributed by atoms with Gasteiger partial charge in [-0.05, 0) is 45.0 Å². The molecule has 1 saturated carbocycles. The van der Waals surface area contributed by atoms with E-state index in [1.165, 1.54) is 50.3 Å². The highest BCUT2D eigenvalue weighted by molar-refractivity contribution is 5.89. The zero-order chi connectivity index (χ0) is 15.2. The van der Waals surface area contributed by atoms with Crippen LogP contribution in [0, 0.1) is 5.82 Å². The van der Waals surface area contributed by atoms with Gasteiger partial charge in [-0.1, -0.05) is 25.3 Å². The molecule has 1 aliphatic rings. The minimum atomic E-state index is -0.459. The van der Waals surface area contributed by atoms with Gasteiger partial charge < -0.3 is 4.74 Å². The number of ether oxygens (including phenoxy) is 1. The first-order valence-electron chi connectivity index (χ1n) is 7.73. The molecule has 0 spiro atoms. The number of carbonyl (C=O) groups is 1. The molecule has 1 aromatic rings. The average Bonchev–Trinajstić information content (AvgIpc) is 2.48. The van der Waals surface area contributed by atoms with Gasteiger partial charge in [-0.25, -0.2) is 9.18 Å². The summed E-state index contributed by atoms with van der Waals surface area (Å²) in [6.07, 6.45) is 6.14. The van der Waals surface area contributed by atoms with E-state index in [1.807, 2.05) is 6.92 Å². The molecule has 0 aromatic heterocycles. The van der Waals surface area contributed by atoms with Crippen LogP contribution in [-0.2, 0) is 4.74 Å². The standard InChI is InChI=1S/C17H24FNO2/c1-13(12-19(2)16-9-4-3-5-10-16)21-17(20)14-7-6-8-15(18)11-14/h6-8,11,13,16H,3-5,9-10,12H2,1-2H3.